The summed E-state index contributed by atoms with van der Waals surface area (Å²) in [5.74, 6) is 1.01. The molecule has 0 heterocycles. The zero-order chi connectivity index (χ0) is 20.8. The lowest BCUT2D eigenvalue weighted by molar-refractivity contribution is -0.140. The van der Waals surface area contributed by atoms with Gasteiger partial charge >= 0.3 is 12.6 Å². The van der Waals surface area contributed by atoms with Crippen molar-refractivity contribution in [2.45, 2.75) is 45.3 Å². The smallest absolute Gasteiger partial charge is 0.387 e. The highest BCUT2D eigenvalue weighted by atomic mass is 19.3. The molecule has 1 aromatic carbocycles. The van der Waals surface area contributed by atoms with Crippen molar-refractivity contribution in [2.75, 3.05) is 27.8 Å². The van der Waals surface area contributed by atoms with Crippen LogP contribution >= 0.6 is 0 Å². The van der Waals surface area contributed by atoms with E-state index in [4.69, 9.17) is 4.74 Å². The van der Waals surface area contributed by atoms with E-state index in [0.717, 1.165) is 25.7 Å². The number of methoxy groups -OCH3 is 2. The number of hydrogen-bond acceptors (Lipinski definition) is 5. The Balaban J connectivity index is 2.40. The summed E-state index contributed by atoms with van der Waals surface area (Å²) in [6.07, 6.45) is 4.09. The summed E-state index contributed by atoms with van der Waals surface area (Å²) in [7, 11) is 4.53. The Morgan fingerprint density at radius 3 is 2.54 bits per heavy atom. The first-order chi connectivity index (χ1) is 13.5. The second-order valence-electron chi connectivity index (χ2n) is 5.95. The van der Waals surface area contributed by atoms with Crippen LogP contribution in [0.3, 0.4) is 0 Å². The number of esters is 1. The molecule has 1 aromatic rings. The first kappa shape index (κ1) is 23.5. The molecular formula is C19H29F2N3O4. The van der Waals surface area contributed by atoms with Crippen LogP contribution in [-0.4, -0.2) is 46.4 Å². The summed E-state index contributed by atoms with van der Waals surface area (Å²) in [6, 6.07) is 4.65. The monoisotopic (exact) mass is 401 g/mol. The highest BCUT2D eigenvalue weighted by molar-refractivity contribution is 5.79. The van der Waals surface area contributed by atoms with Crippen LogP contribution in [0.25, 0.3) is 0 Å². The van der Waals surface area contributed by atoms with Gasteiger partial charge in [0.1, 0.15) is 11.5 Å². The van der Waals surface area contributed by atoms with Crippen molar-refractivity contribution in [1.29, 1.82) is 0 Å². The zero-order valence-corrected chi connectivity index (χ0v) is 16.6. The molecule has 0 aliphatic rings. The van der Waals surface area contributed by atoms with Crippen molar-refractivity contribution in [3.8, 4) is 11.5 Å². The average Bonchev–Trinajstić information content (AvgIpc) is 2.69. The molecule has 9 heteroatoms. The van der Waals surface area contributed by atoms with Gasteiger partial charge in [0.15, 0.2) is 5.96 Å². The number of rotatable bonds is 12. The highest BCUT2D eigenvalue weighted by Gasteiger charge is 2.11. The summed E-state index contributed by atoms with van der Waals surface area (Å²) in [5.41, 5.74) is 0.533. The topological polar surface area (TPSA) is 81.2 Å². The number of nitrogens with one attached hydrogen (secondary N) is 2. The van der Waals surface area contributed by atoms with Gasteiger partial charge in [0.05, 0.1) is 14.2 Å². The Bertz CT molecular complexity index is 627. The van der Waals surface area contributed by atoms with E-state index in [1.165, 1.54) is 20.3 Å². The summed E-state index contributed by atoms with van der Waals surface area (Å²) in [4.78, 5) is 15.1. The molecule has 7 nitrogen and oxygen atoms in total. The first-order valence-electron chi connectivity index (χ1n) is 9.13. The third kappa shape index (κ3) is 9.38. The Morgan fingerprint density at radius 2 is 1.89 bits per heavy atom. The largest absolute Gasteiger partial charge is 0.497 e. The maximum Gasteiger partial charge on any atom is 0.387 e. The van der Waals surface area contributed by atoms with Crippen LogP contribution < -0.4 is 20.1 Å². The number of unbranched alkanes of at least 4 members (excludes halogenated alkanes) is 3. The SMILES string of the molecule is CN=C(NCCCCCCC(=O)OC)NCc1cc(OC)ccc1OC(F)F. The zero-order valence-electron chi connectivity index (χ0n) is 16.6. The first-order valence-corrected chi connectivity index (χ1v) is 9.13. The number of aliphatic imine (C=N–C) groups is 1. The Kier molecular flexibility index (Phi) is 11.4. The molecular weight excluding hydrogens is 372 g/mol. The lowest BCUT2D eigenvalue weighted by Crippen LogP contribution is -2.37. The van der Waals surface area contributed by atoms with E-state index in [-0.39, 0.29) is 18.3 Å². The number of halogens is 2. The normalized spacial score (nSPS) is 11.3. The molecule has 0 saturated heterocycles. The minimum Gasteiger partial charge on any atom is -0.497 e. The Labute approximate surface area is 164 Å². The van der Waals surface area contributed by atoms with Crippen LogP contribution in [0.5, 0.6) is 11.5 Å². The third-order valence-electron chi connectivity index (χ3n) is 3.98. The van der Waals surface area contributed by atoms with Crippen molar-refractivity contribution >= 4 is 11.9 Å². The van der Waals surface area contributed by atoms with E-state index in [1.54, 1.807) is 19.2 Å². The van der Waals surface area contributed by atoms with Gasteiger partial charge in [0.25, 0.3) is 0 Å². The molecule has 0 unspecified atom stereocenters. The summed E-state index contributed by atoms with van der Waals surface area (Å²) >= 11 is 0. The van der Waals surface area contributed by atoms with Crippen molar-refractivity contribution in [3.63, 3.8) is 0 Å². The van der Waals surface area contributed by atoms with Gasteiger partial charge in [-0.2, -0.15) is 8.78 Å². The van der Waals surface area contributed by atoms with Crippen LogP contribution in [0.1, 0.15) is 37.7 Å². The van der Waals surface area contributed by atoms with Gasteiger partial charge in [-0.3, -0.25) is 9.79 Å². The van der Waals surface area contributed by atoms with Crippen LogP contribution in [0, 0.1) is 0 Å². The molecule has 0 fully saturated rings. The second-order valence-corrected chi connectivity index (χ2v) is 5.95. The van der Waals surface area contributed by atoms with Crippen LogP contribution in [-0.2, 0) is 16.1 Å². The molecule has 2 N–H and O–H groups in total. The molecule has 28 heavy (non-hydrogen) atoms. The van der Waals surface area contributed by atoms with E-state index in [9.17, 15) is 13.6 Å². The van der Waals surface area contributed by atoms with E-state index in [2.05, 4.69) is 25.1 Å². The number of ether oxygens (including phenoxy) is 3. The van der Waals surface area contributed by atoms with Crippen LogP contribution in [0.15, 0.2) is 23.2 Å². The fourth-order valence-corrected chi connectivity index (χ4v) is 2.49. The van der Waals surface area contributed by atoms with Crippen molar-refractivity contribution < 1.29 is 27.8 Å². The average molecular weight is 401 g/mol. The molecule has 0 saturated carbocycles. The molecule has 1 rings (SSSR count). The van der Waals surface area contributed by atoms with Gasteiger partial charge < -0.3 is 24.8 Å². The molecule has 0 aromatic heterocycles. The van der Waals surface area contributed by atoms with Crippen molar-refractivity contribution in [1.82, 2.24) is 10.6 Å². The number of carbonyl (C=O) groups excluding carboxylic acids is 1. The van der Waals surface area contributed by atoms with Gasteiger partial charge in [-0.1, -0.05) is 12.8 Å². The number of guanidine groups is 1. The third-order valence-corrected chi connectivity index (χ3v) is 3.98. The summed E-state index contributed by atoms with van der Waals surface area (Å²) in [5, 5.41) is 6.24. The predicted molar refractivity (Wildman–Crippen MR) is 103 cm³/mol. The quantitative estimate of drug-likeness (QED) is 0.242. The number of nitrogens with zero attached hydrogens (tertiary/aromatic N) is 1. The molecule has 158 valence electrons. The minimum absolute atomic E-state index is 0.0874. The molecule has 0 spiro atoms. The summed E-state index contributed by atoms with van der Waals surface area (Å²) in [6.45, 7) is -1.95. The lowest BCUT2D eigenvalue weighted by Gasteiger charge is -2.15. The maximum atomic E-state index is 12.6. The number of alkyl halides is 2. The van der Waals surface area contributed by atoms with E-state index in [0.29, 0.717) is 30.2 Å². The van der Waals surface area contributed by atoms with Crippen molar-refractivity contribution in [3.05, 3.63) is 23.8 Å². The molecule has 0 bridgehead atoms. The minimum atomic E-state index is -2.90. The highest BCUT2D eigenvalue weighted by Crippen LogP contribution is 2.25. The van der Waals surface area contributed by atoms with Gasteiger partial charge in [0.2, 0.25) is 0 Å². The van der Waals surface area contributed by atoms with Gasteiger partial charge in [-0.15, -0.1) is 0 Å². The van der Waals surface area contributed by atoms with E-state index in [1.807, 2.05) is 0 Å². The number of carbonyl (C=O) groups is 1. The van der Waals surface area contributed by atoms with Gasteiger partial charge in [-0.25, -0.2) is 0 Å². The van der Waals surface area contributed by atoms with Crippen LogP contribution in [0.4, 0.5) is 8.78 Å². The van der Waals surface area contributed by atoms with Crippen LogP contribution in [0.2, 0.25) is 0 Å². The fourth-order valence-electron chi connectivity index (χ4n) is 2.49. The molecule has 0 amide bonds. The van der Waals surface area contributed by atoms with E-state index < -0.39 is 6.61 Å². The molecule has 0 aliphatic carbocycles. The Hall–Kier alpha value is -2.58. The van der Waals surface area contributed by atoms with Crippen molar-refractivity contribution in [2.24, 2.45) is 4.99 Å². The molecule has 0 aliphatic heterocycles. The fraction of sp³-hybridized carbons (Fsp3) is 0.579. The summed E-state index contributed by atoms with van der Waals surface area (Å²) < 4.78 is 39.4. The standard InChI is InChI=1S/C19H29F2N3O4/c1-22-19(23-11-7-5-4-6-8-17(25)27-3)24-13-14-12-15(26-2)9-10-16(14)28-18(20)21/h9-10,12,18H,4-8,11,13H2,1-3H3,(H2,22,23,24). The number of benzene rings is 1. The number of hydrogen-bond donors (Lipinski definition) is 2. The van der Waals surface area contributed by atoms with Gasteiger partial charge in [-0.05, 0) is 31.0 Å². The maximum absolute atomic E-state index is 12.6. The Morgan fingerprint density at radius 1 is 1.14 bits per heavy atom. The molecule has 0 radical (unpaired) electrons. The second kappa shape index (κ2) is 13.6. The predicted octanol–water partition coefficient (Wildman–Crippen LogP) is 3.09. The lowest BCUT2D eigenvalue weighted by atomic mass is 10.1. The van der Waals surface area contributed by atoms with E-state index >= 15 is 0 Å². The molecule has 0 atom stereocenters. The van der Waals surface area contributed by atoms with Gasteiger partial charge in [0, 0.05) is 32.1 Å².